The molecule has 2 aliphatic heterocycles. The van der Waals surface area contributed by atoms with Crippen LogP contribution in [-0.4, -0.2) is 83.9 Å². The van der Waals surface area contributed by atoms with E-state index in [2.05, 4.69) is 17.6 Å². The van der Waals surface area contributed by atoms with Gasteiger partial charge >= 0.3 is 12.1 Å². The molecule has 1 aromatic carbocycles. The molecular weight excluding hydrogens is 600 g/mol. The lowest BCUT2D eigenvalue weighted by Gasteiger charge is -2.33. The number of amides is 3. The molecule has 4 rings (SSSR count). The molecule has 12 nitrogen and oxygen atoms in total. The molecule has 3 N–H and O–H groups in total. The topological polar surface area (TPSA) is 162 Å². The molecule has 45 heavy (non-hydrogen) atoms. The van der Waals surface area contributed by atoms with Crippen molar-refractivity contribution in [1.29, 1.82) is 0 Å². The maximum Gasteiger partial charge on any atom is 0.407 e. The SMILES string of the molecule is CCCCC/C=C\C1C[C@]1(NC(=O)[C@@H]1CCCN1C(=O)CNC(=O)OC(CN1Cc2ccccc2S1(=O)=O)C(C)(C)C)C(=O)O. The van der Waals surface area contributed by atoms with Gasteiger partial charge in [-0.15, -0.1) is 0 Å². The van der Waals surface area contributed by atoms with Crippen LogP contribution < -0.4 is 10.6 Å². The molecule has 3 aliphatic rings. The molecule has 1 aromatic rings. The molecule has 3 amide bonds. The summed E-state index contributed by atoms with van der Waals surface area (Å²) in [6.07, 6.45) is 7.46. The highest BCUT2D eigenvalue weighted by Crippen LogP contribution is 2.45. The van der Waals surface area contributed by atoms with Crippen molar-refractivity contribution >= 4 is 33.9 Å². The van der Waals surface area contributed by atoms with E-state index in [4.69, 9.17) is 4.74 Å². The second kappa shape index (κ2) is 13.9. The van der Waals surface area contributed by atoms with Crippen molar-refractivity contribution in [1.82, 2.24) is 19.8 Å². The molecule has 0 aromatic heterocycles. The van der Waals surface area contributed by atoms with Crippen molar-refractivity contribution < 1.29 is 37.4 Å². The highest BCUT2D eigenvalue weighted by Gasteiger charge is 2.61. The quantitative estimate of drug-likeness (QED) is 0.217. The first kappa shape index (κ1) is 34.4. The van der Waals surface area contributed by atoms with E-state index in [-0.39, 0.29) is 23.9 Å². The molecule has 2 fully saturated rings. The van der Waals surface area contributed by atoms with Gasteiger partial charge in [0.05, 0.1) is 11.4 Å². The minimum Gasteiger partial charge on any atom is -0.479 e. The van der Waals surface area contributed by atoms with E-state index < -0.39 is 63.5 Å². The second-order valence-corrected chi connectivity index (χ2v) is 15.2. The van der Waals surface area contributed by atoms with Crippen molar-refractivity contribution in [2.45, 2.75) is 102 Å². The number of carboxylic acids is 1. The molecule has 4 atom stereocenters. The summed E-state index contributed by atoms with van der Waals surface area (Å²) in [5, 5.41) is 15.0. The number of fused-ring (bicyclic) bond motifs is 1. The van der Waals surface area contributed by atoms with Crippen LogP contribution in [-0.2, 0) is 35.7 Å². The highest BCUT2D eigenvalue weighted by atomic mass is 32.2. The lowest BCUT2D eigenvalue weighted by molar-refractivity contribution is -0.145. The smallest absolute Gasteiger partial charge is 0.407 e. The van der Waals surface area contributed by atoms with Crippen LogP contribution in [0.4, 0.5) is 4.79 Å². The number of benzene rings is 1. The minimum atomic E-state index is -3.73. The van der Waals surface area contributed by atoms with Crippen molar-refractivity contribution in [2.75, 3.05) is 19.6 Å². The van der Waals surface area contributed by atoms with E-state index in [0.29, 0.717) is 31.4 Å². The van der Waals surface area contributed by atoms with Gasteiger partial charge in [-0.05, 0) is 43.7 Å². The van der Waals surface area contributed by atoms with E-state index in [0.717, 1.165) is 25.7 Å². The van der Waals surface area contributed by atoms with E-state index in [1.165, 1.54) is 9.21 Å². The van der Waals surface area contributed by atoms with E-state index >= 15 is 0 Å². The fourth-order valence-electron chi connectivity index (χ4n) is 5.93. The number of carboxylic acid groups (broad SMARTS) is 1. The first-order valence-corrected chi connectivity index (χ1v) is 17.2. The van der Waals surface area contributed by atoms with Crippen molar-refractivity contribution in [3.63, 3.8) is 0 Å². The van der Waals surface area contributed by atoms with Gasteiger partial charge in [0.1, 0.15) is 24.2 Å². The van der Waals surface area contributed by atoms with Crippen LogP contribution in [0.25, 0.3) is 0 Å². The van der Waals surface area contributed by atoms with Gasteiger partial charge < -0.3 is 25.4 Å². The number of carbonyl (C=O) groups is 4. The predicted molar refractivity (Wildman–Crippen MR) is 166 cm³/mol. The summed E-state index contributed by atoms with van der Waals surface area (Å²) in [7, 11) is -3.73. The molecule has 1 saturated carbocycles. The highest BCUT2D eigenvalue weighted by molar-refractivity contribution is 7.89. The van der Waals surface area contributed by atoms with Crippen molar-refractivity contribution in [3.05, 3.63) is 42.0 Å². The van der Waals surface area contributed by atoms with E-state index in [1.54, 1.807) is 24.3 Å². The summed E-state index contributed by atoms with van der Waals surface area (Å²) in [5.74, 6) is -2.42. The fourth-order valence-corrected chi connectivity index (χ4v) is 7.57. The average Bonchev–Trinajstić information content (AvgIpc) is 3.32. The zero-order valence-electron chi connectivity index (χ0n) is 26.6. The number of rotatable bonds is 13. The van der Waals surface area contributed by atoms with Crippen molar-refractivity contribution in [2.24, 2.45) is 11.3 Å². The monoisotopic (exact) mass is 646 g/mol. The third-order valence-electron chi connectivity index (χ3n) is 8.87. The van der Waals surface area contributed by atoms with Gasteiger partial charge in [0.2, 0.25) is 21.8 Å². The van der Waals surface area contributed by atoms with Crippen LogP contribution in [0.2, 0.25) is 0 Å². The molecule has 1 saturated heterocycles. The number of aliphatic carboxylic acids is 1. The fraction of sp³-hybridized carbons (Fsp3) is 0.625. The molecule has 0 spiro atoms. The van der Waals surface area contributed by atoms with Gasteiger partial charge in [-0.1, -0.05) is 70.9 Å². The molecule has 13 heteroatoms. The summed E-state index contributed by atoms with van der Waals surface area (Å²) < 4.78 is 33.0. The van der Waals surface area contributed by atoms with Crippen LogP contribution in [0, 0.1) is 11.3 Å². The lowest BCUT2D eigenvalue weighted by Crippen LogP contribution is -2.54. The van der Waals surface area contributed by atoms with E-state index in [1.807, 2.05) is 32.9 Å². The van der Waals surface area contributed by atoms with Crippen LogP contribution in [0.3, 0.4) is 0 Å². The normalized spacial score (nSPS) is 24.7. The molecular formula is C32H46N4O8S. The first-order valence-electron chi connectivity index (χ1n) is 15.7. The number of allylic oxidation sites excluding steroid dienone is 1. The van der Waals surface area contributed by atoms with Gasteiger partial charge in [-0.2, -0.15) is 4.31 Å². The number of hydrogen-bond donors (Lipinski definition) is 3. The first-order chi connectivity index (χ1) is 21.2. The summed E-state index contributed by atoms with van der Waals surface area (Å²) in [4.78, 5) is 52.8. The van der Waals surface area contributed by atoms with Crippen LogP contribution in [0.5, 0.6) is 0 Å². The molecule has 0 radical (unpaired) electrons. The standard InChI is InChI=1S/C32H46N4O8S/c1-5-6-7-8-9-14-23-18-32(23,29(39)40)34-28(38)24-15-12-17-36(24)27(37)19-33-30(41)44-26(31(2,3)4)21-35-20-22-13-10-11-16-25(22)45(35,42)43/h9-11,13-14,16,23-24,26H,5-8,12,15,17-21H2,1-4H3,(H,33,41)(H,34,38)(H,39,40)/b14-9-/t23?,24-,26?,32+/m0/s1. The Labute approximate surface area is 265 Å². The van der Waals surface area contributed by atoms with Gasteiger partial charge in [-0.3, -0.25) is 9.59 Å². The van der Waals surface area contributed by atoms with Gasteiger partial charge in [0.25, 0.3) is 0 Å². The van der Waals surface area contributed by atoms with Gasteiger partial charge in [0.15, 0.2) is 0 Å². The Morgan fingerprint density at radius 2 is 1.91 bits per heavy atom. The third-order valence-corrected chi connectivity index (χ3v) is 10.8. The number of hydrogen-bond acceptors (Lipinski definition) is 7. The number of unbranched alkanes of at least 4 members (excludes halogenated alkanes) is 3. The van der Waals surface area contributed by atoms with Crippen LogP contribution in [0.1, 0.15) is 78.2 Å². The minimum absolute atomic E-state index is 0.0590. The number of sulfonamides is 1. The molecule has 1 aliphatic carbocycles. The largest absolute Gasteiger partial charge is 0.479 e. The number of carbonyl (C=O) groups excluding carboxylic acids is 3. The Balaban J connectivity index is 1.31. The average molecular weight is 647 g/mol. The summed E-state index contributed by atoms with van der Waals surface area (Å²) in [5.41, 5.74) is -1.31. The van der Waals surface area contributed by atoms with Crippen LogP contribution in [0.15, 0.2) is 41.3 Å². The van der Waals surface area contributed by atoms with E-state index in [9.17, 15) is 32.7 Å². The number of ether oxygens (including phenoxy) is 1. The number of alkyl carbamates (subject to hydrolysis) is 1. The summed E-state index contributed by atoms with van der Waals surface area (Å²) >= 11 is 0. The molecule has 2 unspecified atom stereocenters. The number of nitrogens with one attached hydrogen (secondary N) is 2. The van der Waals surface area contributed by atoms with Gasteiger partial charge in [0, 0.05) is 24.4 Å². The Bertz CT molecular complexity index is 1420. The predicted octanol–water partition coefficient (Wildman–Crippen LogP) is 3.42. The summed E-state index contributed by atoms with van der Waals surface area (Å²) in [6.45, 7) is 7.58. The maximum atomic E-state index is 13.2. The summed E-state index contributed by atoms with van der Waals surface area (Å²) in [6, 6.07) is 5.90. The Morgan fingerprint density at radius 1 is 1.18 bits per heavy atom. The Morgan fingerprint density at radius 3 is 2.58 bits per heavy atom. The zero-order chi connectivity index (χ0) is 33.0. The Kier molecular flexibility index (Phi) is 10.6. The molecule has 2 heterocycles. The second-order valence-electron chi connectivity index (χ2n) is 13.3. The number of nitrogens with zero attached hydrogens (tertiary/aromatic N) is 2. The van der Waals surface area contributed by atoms with Gasteiger partial charge in [-0.25, -0.2) is 18.0 Å². The van der Waals surface area contributed by atoms with Crippen LogP contribution >= 0.6 is 0 Å². The zero-order valence-corrected chi connectivity index (χ0v) is 27.4. The number of likely N-dealkylation sites (tertiary alicyclic amines) is 1. The Hall–Kier alpha value is -3.45. The maximum absolute atomic E-state index is 13.2. The molecule has 248 valence electrons. The lowest BCUT2D eigenvalue weighted by atomic mass is 9.89. The molecule has 0 bridgehead atoms. The van der Waals surface area contributed by atoms with Crippen molar-refractivity contribution in [3.8, 4) is 0 Å². The third kappa shape index (κ3) is 7.86.